The Morgan fingerprint density at radius 2 is 2.23 bits per heavy atom. The first-order chi connectivity index (χ1) is 14.7. The molecule has 2 aromatic heterocycles. The number of methoxy groups -OCH3 is 1. The van der Waals surface area contributed by atoms with Crippen molar-refractivity contribution in [3.05, 3.63) is 57.0 Å². The van der Waals surface area contributed by atoms with E-state index < -0.39 is 0 Å². The molecular formula is C23H27N3O3S. The van der Waals surface area contributed by atoms with Gasteiger partial charge in [-0.25, -0.2) is 4.98 Å². The van der Waals surface area contributed by atoms with Gasteiger partial charge in [-0.1, -0.05) is 18.2 Å². The number of benzene rings is 1. The van der Waals surface area contributed by atoms with E-state index in [0.717, 1.165) is 60.4 Å². The number of aromatic nitrogens is 2. The molecule has 1 aromatic carbocycles. The van der Waals surface area contributed by atoms with E-state index in [1.165, 1.54) is 16.9 Å². The Labute approximate surface area is 179 Å². The third-order valence-corrected chi connectivity index (χ3v) is 7.39. The molecule has 2 atom stereocenters. The van der Waals surface area contributed by atoms with Gasteiger partial charge in [0.1, 0.15) is 10.6 Å². The van der Waals surface area contributed by atoms with Gasteiger partial charge in [0.25, 0.3) is 5.56 Å². The monoisotopic (exact) mass is 425 g/mol. The smallest absolute Gasteiger partial charge is 0.262 e. The van der Waals surface area contributed by atoms with Crippen molar-refractivity contribution in [3.8, 4) is 5.75 Å². The maximum absolute atomic E-state index is 13.3. The topological polar surface area (TPSA) is 65.4 Å². The van der Waals surface area contributed by atoms with Gasteiger partial charge in [0.05, 0.1) is 31.5 Å². The van der Waals surface area contributed by atoms with Crippen molar-refractivity contribution in [1.82, 2.24) is 14.9 Å². The maximum atomic E-state index is 13.3. The number of aryl methyl sites for hydroxylation is 1. The molecule has 0 saturated carbocycles. The van der Waals surface area contributed by atoms with Crippen LogP contribution in [0.2, 0.25) is 0 Å². The third-order valence-electron chi connectivity index (χ3n) is 6.23. The van der Waals surface area contributed by atoms with Crippen LogP contribution in [0.5, 0.6) is 5.75 Å². The lowest BCUT2D eigenvalue weighted by atomic mass is 9.93. The van der Waals surface area contributed by atoms with Gasteiger partial charge >= 0.3 is 0 Å². The zero-order valence-electron chi connectivity index (χ0n) is 17.2. The van der Waals surface area contributed by atoms with Gasteiger partial charge in [-0.2, -0.15) is 0 Å². The van der Waals surface area contributed by atoms with Crippen LogP contribution >= 0.6 is 11.3 Å². The van der Waals surface area contributed by atoms with E-state index in [1.54, 1.807) is 29.3 Å². The maximum Gasteiger partial charge on any atom is 0.262 e. The van der Waals surface area contributed by atoms with E-state index >= 15 is 0 Å². The van der Waals surface area contributed by atoms with Gasteiger partial charge in [0.15, 0.2) is 0 Å². The van der Waals surface area contributed by atoms with Gasteiger partial charge in [-0.05, 0) is 43.7 Å². The number of hydrogen-bond donors (Lipinski definition) is 1. The first-order valence-corrected chi connectivity index (χ1v) is 11.5. The van der Waals surface area contributed by atoms with Crippen LogP contribution in [-0.4, -0.2) is 42.0 Å². The first-order valence-electron chi connectivity index (χ1n) is 10.7. The summed E-state index contributed by atoms with van der Waals surface area (Å²) in [7, 11) is 1.65. The van der Waals surface area contributed by atoms with Crippen molar-refractivity contribution in [1.29, 1.82) is 0 Å². The highest BCUT2D eigenvalue weighted by molar-refractivity contribution is 7.18. The molecule has 0 amide bonds. The summed E-state index contributed by atoms with van der Waals surface area (Å²) in [5, 5.41) is 4.49. The second-order valence-electron chi connectivity index (χ2n) is 8.16. The van der Waals surface area contributed by atoms with Crippen LogP contribution in [0.15, 0.2) is 35.4 Å². The SMILES string of the molecule is COc1ccccc1Cn1cnc2sc3c(c2c1=O)CCC(NCC1CCCO1)C3. The van der Waals surface area contributed by atoms with Crippen molar-refractivity contribution in [2.45, 2.75) is 50.8 Å². The molecular weight excluding hydrogens is 398 g/mol. The highest BCUT2D eigenvalue weighted by Crippen LogP contribution is 2.34. The highest BCUT2D eigenvalue weighted by Gasteiger charge is 2.26. The average Bonchev–Trinajstić information content (AvgIpc) is 3.42. The number of nitrogens with zero attached hydrogens (tertiary/aromatic N) is 2. The van der Waals surface area contributed by atoms with Gasteiger partial charge in [0.2, 0.25) is 0 Å². The quantitative estimate of drug-likeness (QED) is 0.657. The second kappa shape index (κ2) is 8.49. The minimum Gasteiger partial charge on any atom is -0.496 e. The fraction of sp³-hybridized carbons (Fsp3) is 0.478. The van der Waals surface area contributed by atoms with Crippen LogP contribution in [0.1, 0.15) is 35.3 Å². The largest absolute Gasteiger partial charge is 0.496 e. The first kappa shape index (κ1) is 19.7. The van der Waals surface area contributed by atoms with Gasteiger partial charge in [-0.3, -0.25) is 9.36 Å². The molecule has 1 aliphatic heterocycles. The molecule has 2 aliphatic rings. The van der Waals surface area contributed by atoms with Crippen LogP contribution in [0, 0.1) is 0 Å². The standard InChI is InChI=1S/C23H27N3O3S/c1-28-19-7-3-2-5-15(19)13-26-14-25-22-21(23(26)27)18-9-8-16(11-20(18)30-22)24-12-17-6-4-10-29-17/h2-3,5,7,14,16-17,24H,4,6,8-13H2,1H3. The zero-order valence-corrected chi connectivity index (χ0v) is 18.0. The summed E-state index contributed by atoms with van der Waals surface area (Å²) in [5.41, 5.74) is 2.23. The molecule has 7 heteroatoms. The second-order valence-corrected chi connectivity index (χ2v) is 9.24. The predicted molar refractivity (Wildman–Crippen MR) is 119 cm³/mol. The lowest BCUT2D eigenvalue weighted by molar-refractivity contribution is 0.107. The fourth-order valence-corrected chi connectivity index (χ4v) is 5.87. The Morgan fingerprint density at radius 3 is 3.07 bits per heavy atom. The zero-order chi connectivity index (χ0) is 20.5. The fourth-order valence-electron chi connectivity index (χ4n) is 4.61. The molecule has 0 radical (unpaired) electrons. The predicted octanol–water partition coefficient (Wildman–Crippen LogP) is 3.14. The average molecular weight is 426 g/mol. The Hall–Kier alpha value is -2.22. The Bertz CT molecular complexity index is 1100. The molecule has 2 unspecified atom stereocenters. The van der Waals surface area contributed by atoms with Crippen LogP contribution in [0.3, 0.4) is 0 Å². The molecule has 5 rings (SSSR count). The van der Waals surface area contributed by atoms with Gasteiger partial charge < -0.3 is 14.8 Å². The molecule has 3 heterocycles. The molecule has 1 N–H and O–H groups in total. The summed E-state index contributed by atoms with van der Waals surface area (Å²) in [4.78, 5) is 20.1. The summed E-state index contributed by atoms with van der Waals surface area (Å²) < 4.78 is 12.9. The molecule has 1 fully saturated rings. The Balaban J connectivity index is 1.38. The highest BCUT2D eigenvalue weighted by atomic mass is 32.1. The molecule has 3 aromatic rings. The van der Waals surface area contributed by atoms with Crippen molar-refractivity contribution < 1.29 is 9.47 Å². The summed E-state index contributed by atoms with van der Waals surface area (Å²) in [6, 6.07) is 8.26. The summed E-state index contributed by atoms with van der Waals surface area (Å²) in [5.74, 6) is 0.789. The number of rotatable bonds is 6. The van der Waals surface area contributed by atoms with Crippen LogP contribution < -0.4 is 15.6 Å². The number of nitrogens with one attached hydrogen (secondary N) is 1. The van der Waals surface area contributed by atoms with Crippen molar-refractivity contribution in [3.63, 3.8) is 0 Å². The summed E-state index contributed by atoms with van der Waals surface area (Å²) in [6.07, 6.45) is 7.30. The molecule has 1 saturated heterocycles. The van der Waals surface area contributed by atoms with E-state index in [-0.39, 0.29) is 5.56 Å². The van der Waals surface area contributed by atoms with Crippen molar-refractivity contribution in [2.24, 2.45) is 0 Å². The van der Waals surface area contributed by atoms with Gasteiger partial charge in [-0.15, -0.1) is 11.3 Å². The van der Waals surface area contributed by atoms with E-state index in [9.17, 15) is 4.79 Å². The lowest BCUT2D eigenvalue weighted by Gasteiger charge is -2.24. The van der Waals surface area contributed by atoms with Crippen LogP contribution in [-0.2, 0) is 24.1 Å². The van der Waals surface area contributed by atoms with E-state index in [4.69, 9.17) is 9.47 Å². The lowest BCUT2D eigenvalue weighted by Crippen LogP contribution is -2.38. The Kier molecular flexibility index (Phi) is 5.58. The number of thiophene rings is 1. The molecule has 0 spiro atoms. The van der Waals surface area contributed by atoms with E-state index in [0.29, 0.717) is 18.7 Å². The molecule has 1 aliphatic carbocycles. The summed E-state index contributed by atoms with van der Waals surface area (Å²) >= 11 is 1.68. The number of hydrogen-bond acceptors (Lipinski definition) is 6. The third kappa shape index (κ3) is 3.77. The number of ether oxygens (including phenoxy) is 2. The summed E-state index contributed by atoms with van der Waals surface area (Å²) in [6.45, 7) is 2.28. The normalized spacial score (nSPS) is 21.1. The van der Waals surface area contributed by atoms with E-state index in [1.807, 2.05) is 24.3 Å². The van der Waals surface area contributed by atoms with Crippen LogP contribution in [0.25, 0.3) is 10.2 Å². The molecule has 0 bridgehead atoms. The number of para-hydroxylation sites is 1. The van der Waals surface area contributed by atoms with E-state index in [2.05, 4.69) is 10.3 Å². The minimum atomic E-state index is 0.0502. The van der Waals surface area contributed by atoms with Crippen molar-refractivity contribution >= 4 is 21.6 Å². The minimum absolute atomic E-state index is 0.0502. The molecule has 6 nitrogen and oxygen atoms in total. The van der Waals surface area contributed by atoms with Crippen molar-refractivity contribution in [2.75, 3.05) is 20.3 Å². The Morgan fingerprint density at radius 1 is 1.33 bits per heavy atom. The number of fused-ring (bicyclic) bond motifs is 3. The van der Waals surface area contributed by atoms with Gasteiger partial charge in [0, 0.05) is 29.6 Å². The molecule has 158 valence electrons. The molecule has 30 heavy (non-hydrogen) atoms. The van der Waals surface area contributed by atoms with Crippen LogP contribution in [0.4, 0.5) is 0 Å².